The van der Waals surface area contributed by atoms with Crippen molar-refractivity contribution in [1.29, 1.82) is 0 Å². The van der Waals surface area contributed by atoms with Crippen LogP contribution in [0, 0.1) is 0 Å². The third-order valence-electron chi connectivity index (χ3n) is 2.89. The van der Waals surface area contributed by atoms with Crippen LogP contribution in [0.3, 0.4) is 0 Å². The number of amides is 1. The van der Waals surface area contributed by atoms with E-state index in [1.165, 1.54) is 0 Å². The van der Waals surface area contributed by atoms with Gasteiger partial charge in [0, 0.05) is 36.9 Å². The summed E-state index contributed by atoms with van der Waals surface area (Å²) in [5.41, 5.74) is 6.92. The third-order valence-corrected chi connectivity index (χ3v) is 2.89. The molecule has 1 aromatic carbocycles. The molecule has 4 heteroatoms. The molecule has 2 rings (SSSR count). The second kappa shape index (κ2) is 4.53. The van der Waals surface area contributed by atoms with Gasteiger partial charge in [-0.1, -0.05) is 0 Å². The third kappa shape index (κ3) is 2.33. The molecule has 1 fully saturated rings. The predicted molar refractivity (Wildman–Crippen MR) is 64.6 cm³/mol. The minimum absolute atomic E-state index is 0.375. The zero-order valence-corrected chi connectivity index (χ0v) is 9.44. The van der Waals surface area contributed by atoms with Crippen LogP contribution in [0.5, 0.6) is 0 Å². The molecular formula is C12H17N3O. The van der Waals surface area contributed by atoms with Crippen molar-refractivity contribution in [2.45, 2.75) is 13.0 Å². The number of hydrogen-bond acceptors (Lipinski definition) is 3. The van der Waals surface area contributed by atoms with Crippen LogP contribution >= 0.6 is 0 Å². The van der Waals surface area contributed by atoms with E-state index < -0.39 is 0 Å². The molecule has 0 unspecified atom stereocenters. The van der Waals surface area contributed by atoms with Gasteiger partial charge in [0.25, 0.3) is 0 Å². The molecular weight excluding hydrogens is 202 g/mol. The maximum atomic E-state index is 10.9. The van der Waals surface area contributed by atoms with Crippen molar-refractivity contribution in [3.63, 3.8) is 0 Å². The van der Waals surface area contributed by atoms with Gasteiger partial charge in [0.15, 0.2) is 0 Å². The first kappa shape index (κ1) is 11.0. The van der Waals surface area contributed by atoms with Gasteiger partial charge in [-0.3, -0.25) is 4.79 Å². The van der Waals surface area contributed by atoms with Gasteiger partial charge >= 0.3 is 0 Å². The predicted octanol–water partition coefficient (Wildman–Crippen LogP) is 0.584. The van der Waals surface area contributed by atoms with E-state index in [9.17, 15) is 4.79 Å². The molecule has 0 radical (unpaired) electrons. The van der Waals surface area contributed by atoms with Crippen LogP contribution < -0.4 is 16.0 Å². The number of carbonyl (C=O) groups excluding carboxylic acids is 1. The maximum Gasteiger partial charge on any atom is 0.248 e. The van der Waals surface area contributed by atoms with E-state index in [4.69, 9.17) is 5.73 Å². The Labute approximate surface area is 95.4 Å². The summed E-state index contributed by atoms with van der Waals surface area (Å²) in [5, 5.41) is 3.40. The number of rotatable bonds is 2. The number of nitrogens with two attached hydrogens (primary N) is 1. The highest BCUT2D eigenvalue weighted by Gasteiger charge is 2.15. The molecule has 0 saturated carbocycles. The van der Waals surface area contributed by atoms with Crippen molar-refractivity contribution in [2.75, 3.05) is 24.5 Å². The van der Waals surface area contributed by atoms with Crippen molar-refractivity contribution >= 4 is 11.6 Å². The monoisotopic (exact) mass is 219 g/mol. The highest BCUT2D eigenvalue weighted by molar-refractivity contribution is 5.93. The molecule has 16 heavy (non-hydrogen) atoms. The molecule has 1 atom stereocenters. The molecule has 3 N–H and O–H groups in total. The van der Waals surface area contributed by atoms with Crippen LogP contribution in [0.2, 0.25) is 0 Å². The number of primary amides is 1. The lowest BCUT2D eigenvalue weighted by molar-refractivity contribution is 0.100. The van der Waals surface area contributed by atoms with Gasteiger partial charge in [-0.2, -0.15) is 0 Å². The smallest absolute Gasteiger partial charge is 0.248 e. The van der Waals surface area contributed by atoms with E-state index in [1.807, 2.05) is 12.1 Å². The summed E-state index contributed by atoms with van der Waals surface area (Å²) in [5.74, 6) is -0.375. The van der Waals surface area contributed by atoms with Crippen molar-refractivity contribution in [1.82, 2.24) is 5.32 Å². The second-order valence-electron chi connectivity index (χ2n) is 4.21. The Bertz CT molecular complexity index is 374. The summed E-state index contributed by atoms with van der Waals surface area (Å²) in [7, 11) is 0. The van der Waals surface area contributed by atoms with E-state index in [0.29, 0.717) is 11.6 Å². The number of nitrogens with zero attached hydrogens (tertiary/aromatic N) is 1. The Hall–Kier alpha value is -1.55. The van der Waals surface area contributed by atoms with Gasteiger partial charge in [-0.05, 0) is 31.2 Å². The number of nitrogens with one attached hydrogen (secondary N) is 1. The Kier molecular flexibility index (Phi) is 3.10. The fraction of sp³-hybridized carbons (Fsp3) is 0.417. The van der Waals surface area contributed by atoms with Crippen molar-refractivity contribution in [3.05, 3.63) is 29.8 Å². The quantitative estimate of drug-likeness (QED) is 0.765. The minimum atomic E-state index is -0.375. The van der Waals surface area contributed by atoms with Gasteiger partial charge in [-0.15, -0.1) is 0 Å². The normalized spacial score (nSPS) is 20.8. The van der Waals surface area contributed by atoms with E-state index in [0.717, 1.165) is 25.3 Å². The topological polar surface area (TPSA) is 58.4 Å². The summed E-state index contributed by atoms with van der Waals surface area (Å²) in [6.45, 7) is 5.17. The maximum absolute atomic E-state index is 10.9. The first-order valence-corrected chi connectivity index (χ1v) is 5.55. The van der Waals surface area contributed by atoms with Gasteiger partial charge in [0.2, 0.25) is 5.91 Å². The summed E-state index contributed by atoms with van der Waals surface area (Å²) >= 11 is 0. The number of hydrogen-bond donors (Lipinski definition) is 2. The average molecular weight is 219 g/mol. The van der Waals surface area contributed by atoms with Gasteiger partial charge in [0.1, 0.15) is 0 Å². The van der Waals surface area contributed by atoms with Crippen molar-refractivity contribution in [2.24, 2.45) is 5.73 Å². The molecule has 86 valence electrons. The lowest BCUT2D eigenvalue weighted by Crippen LogP contribution is -2.49. The average Bonchev–Trinajstić information content (AvgIpc) is 2.29. The number of piperazine rings is 1. The van der Waals surface area contributed by atoms with E-state index >= 15 is 0 Å². The largest absolute Gasteiger partial charge is 0.369 e. The van der Waals surface area contributed by atoms with Crippen LogP contribution in [0.15, 0.2) is 24.3 Å². The number of anilines is 1. The summed E-state index contributed by atoms with van der Waals surface area (Å²) in [4.78, 5) is 13.3. The first-order chi connectivity index (χ1) is 7.66. The second-order valence-corrected chi connectivity index (χ2v) is 4.21. The molecule has 0 spiro atoms. The van der Waals surface area contributed by atoms with E-state index in [-0.39, 0.29) is 5.91 Å². The highest BCUT2D eigenvalue weighted by Crippen LogP contribution is 2.16. The fourth-order valence-electron chi connectivity index (χ4n) is 2.00. The standard InChI is InChI=1S/C12H17N3O/c1-9-8-15(7-6-14-9)11-4-2-10(3-5-11)12(13)16/h2-5,9,14H,6-8H2,1H3,(H2,13,16)/t9-/m0/s1. The molecule has 0 bridgehead atoms. The summed E-state index contributed by atoms with van der Waals surface area (Å²) in [6.07, 6.45) is 0. The minimum Gasteiger partial charge on any atom is -0.369 e. The lowest BCUT2D eigenvalue weighted by atomic mass is 10.1. The zero-order chi connectivity index (χ0) is 11.5. The molecule has 1 aliphatic rings. The molecule has 1 aliphatic heterocycles. The van der Waals surface area contributed by atoms with Gasteiger partial charge in [0.05, 0.1) is 0 Å². The lowest BCUT2D eigenvalue weighted by Gasteiger charge is -2.33. The Morgan fingerprint density at radius 2 is 2.12 bits per heavy atom. The van der Waals surface area contributed by atoms with Gasteiger partial charge in [-0.25, -0.2) is 0 Å². The van der Waals surface area contributed by atoms with Crippen LogP contribution in [0.4, 0.5) is 5.69 Å². The Morgan fingerprint density at radius 3 is 2.69 bits per heavy atom. The van der Waals surface area contributed by atoms with Gasteiger partial charge < -0.3 is 16.0 Å². The van der Waals surface area contributed by atoms with Crippen LogP contribution in [-0.2, 0) is 0 Å². The van der Waals surface area contributed by atoms with Crippen molar-refractivity contribution in [3.8, 4) is 0 Å². The molecule has 4 nitrogen and oxygen atoms in total. The number of carbonyl (C=O) groups is 1. The molecule has 1 aromatic rings. The molecule has 1 saturated heterocycles. The van der Waals surface area contributed by atoms with Crippen LogP contribution in [0.25, 0.3) is 0 Å². The Morgan fingerprint density at radius 1 is 1.44 bits per heavy atom. The molecule has 1 heterocycles. The Balaban J connectivity index is 2.11. The number of benzene rings is 1. The molecule has 0 aromatic heterocycles. The SMILES string of the molecule is C[C@H]1CN(c2ccc(C(N)=O)cc2)CCN1. The van der Waals surface area contributed by atoms with E-state index in [2.05, 4.69) is 17.1 Å². The zero-order valence-electron chi connectivity index (χ0n) is 9.44. The van der Waals surface area contributed by atoms with Crippen LogP contribution in [0.1, 0.15) is 17.3 Å². The van der Waals surface area contributed by atoms with E-state index in [1.54, 1.807) is 12.1 Å². The van der Waals surface area contributed by atoms with Crippen LogP contribution in [-0.4, -0.2) is 31.6 Å². The summed E-state index contributed by atoms with van der Waals surface area (Å²) < 4.78 is 0. The summed E-state index contributed by atoms with van der Waals surface area (Å²) in [6, 6.07) is 7.98. The molecule has 0 aliphatic carbocycles. The first-order valence-electron chi connectivity index (χ1n) is 5.55. The highest BCUT2D eigenvalue weighted by atomic mass is 16.1. The molecule has 1 amide bonds. The fourth-order valence-corrected chi connectivity index (χ4v) is 2.00. The van der Waals surface area contributed by atoms with Crippen molar-refractivity contribution < 1.29 is 4.79 Å².